The number of hydrogen-bond acceptors (Lipinski definition) is 5. The second-order valence-electron chi connectivity index (χ2n) is 5.32. The van der Waals surface area contributed by atoms with Gasteiger partial charge >= 0.3 is 0 Å². The van der Waals surface area contributed by atoms with E-state index in [-0.39, 0.29) is 6.61 Å². The van der Waals surface area contributed by atoms with Crippen LogP contribution in [0, 0.1) is 0 Å². The van der Waals surface area contributed by atoms with Crippen LogP contribution in [0.15, 0.2) is 40.8 Å². The first kappa shape index (κ1) is 17.7. The minimum atomic E-state index is -1.41. The molecule has 1 amide bonds. The van der Waals surface area contributed by atoms with Gasteiger partial charge in [0.1, 0.15) is 12.1 Å². The number of ether oxygens (including phenoxy) is 1. The number of benzene rings is 2. The van der Waals surface area contributed by atoms with Crippen molar-refractivity contribution in [3.05, 3.63) is 57.9 Å². The van der Waals surface area contributed by atoms with Gasteiger partial charge in [-0.15, -0.1) is 0 Å². The van der Waals surface area contributed by atoms with Crippen LogP contribution in [0.1, 0.15) is 17.6 Å². The summed E-state index contributed by atoms with van der Waals surface area (Å²) in [6, 6.07) is 9.46. The van der Waals surface area contributed by atoms with Gasteiger partial charge in [-0.3, -0.25) is 4.79 Å². The smallest absolute Gasteiger partial charge is 0.257 e. The highest BCUT2D eigenvalue weighted by Gasteiger charge is 2.19. The molecule has 0 fully saturated rings. The molecule has 0 saturated heterocycles. The number of nitrogens with one attached hydrogen (secondary N) is 1. The number of carbonyl (C=O) groups is 1. The molecule has 2 aromatic carbocycles. The largest absolute Gasteiger partial charge is 0.438 e. The summed E-state index contributed by atoms with van der Waals surface area (Å²) in [5, 5.41) is 13.5. The van der Waals surface area contributed by atoms with Crippen molar-refractivity contribution >= 4 is 45.9 Å². The number of aliphatic hydroxyl groups is 1. The Hall–Kier alpha value is -2.12. The quantitative estimate of drug-likeness (QED) is 0.699. The molecule has 3 rings (SSSR count). The minimum absolute atomic E-state index is 0.255. The summed E-state index contributed by atoms with van der Waals surface area (Å²) in [5.74, 6) is -0.173. The second kappa shape index (κ2) is 7.41. The fraction of sp³-hybridized carbons (Fsp3) is 0.176. The molecule has 0 bridgehead atoms. The van der Waals surface area contributed by atoms with E-state index in [1.165, 1.54) is 18.2 Å². The Bertz CT molecular complexity index is 906. The Balaban J connectivity index is 1.78. The Morgan fingerprint density at radius 2 is 2.00 bits per heavy atom. The molecule has 0 unspecified atom stereocenters. The Morgan fingerprint density at radius 3 is 2.68 bits per heavy atom. The van der Waals surface area contributed by atoms with Crippen molar-refractivity contribution in [3.63, 3.8) is 0 Å². The third-order valence-corrected chi connectivity index (χ3v) is 3.85. The summed E-state index contributed by atoms with van der Waals surface area (Å²) >= 11 is 11.8. The van der Waals surface area contributed by atoms with Crippen molar-refractivity contribution in [2.24, 2.45) is 0 Å². The number of aliphatic hydroxyl groups excluding tert-OH is 1. The monoisotopic (exact) mass is 380 g/mol. The number of halogens is 2. The first-order valence-electron chi connectivity index (χ1n) is 7.29. The number of rotatable bonds is 5. The van der Waals surface area contributed by atoms with E-state index in [1.807, 2.05) is 0 Å². The lowest BCUT2D eigenvalue weighted by Crippen LogP contribution is -2.20. The molecule has 25 heavy (non-hydrogen) atoms. The lowest BCUT2D eigenvalue weighted by atomic mass is 10.1. The Labute approximate surface area is 153 Å². The zero-order chi connectivity index (χ0) is 18.0. The van der Waals surface area contributed by atoms with Crippen molar-refractivity contribution in [2.45, 2.75) is 12.7 Å². The van der Waals surface area contributed by atoms with Crippen LogP contribution in [-0.2, 0) is 16.1 Å². The minimum Gasteiger partial charge on any atom is -0.438 e. The standard InChI is InChI=1S/C17H14Cl2N2O4/c1-24-8-15-21-13-7-12(2-3-14(13)25-15)20-17(23)16(22)9-4-10(18)6-11(19)5-9/h2-7,16,22H,8H2,1H3,(H,20,23)/t16-/m1/s1. The average molecular weight is 381 g/mol. The molecule has 2 N–H and O–H groups in total. The summed E-state index contributed by atoms with van der Waals surface area (Å²) in [6.45, 7) is 0.255. The number of carbonyl (C=O) groups excluding carboxylic acids is 1. The lowest BCUT2D eigenvalue weighted by Gasteiger charge is -2.12. The summed E-state index contributed by atoms with van der Waals surface area (Å²) in [6.07, 6.45) is -1.41. The van der Waals surface area contributed by atoms with E-state index in [0.29, 0.717) is 38.3 Å². The summed E-state index contributed by atoms with van der Waals surface area (Å²) in [4.78, 5) is 16.5. The number of nitrogens with zero attached hydrogens (tertiary/aromatic N) is 1. The zero-order valence-corrected chi connectivity index (χ0v) is 14.6. The molecular formula is C17H14Cl2N2O4. The molecule has 0 aliphatic heterocycles. The molecule has 1 heterocycles. The molecular weight excluding hydrogens is 367 g/mol. The van der Waals surface area contributed by atoms with Crippen LogP contribution in [0.5, 0.6) is 0 Å². The molecule has 0 aliphatic rings. The molecule has 0 spiro atoms. The summed E-state index contributed by atoms with van der Waals surface area (Å²) in [5.41, 5.74) is 1.93. The van der Waals surface area contributed by atoms with Gasteiger partial charge in [-0.25, -0.2) is 4.98 Å². The van der Waals surface area contributed by atoms with Crippen LogP contribution in [0.25, 0.3) is 11.1 Å². The third kappa shape index (κ3) is 4.11. The first-order valence-corrected chi connectivity index (χ1v) is 8.05. The van der Waals surface area contributed by atoms with Gasteiger partial charge in [0, 0.05) is 22.8 Å². The van der Waals surface area contributed by atoms with Crippen LogP contribution in [0.4, 0.5) is 5.69 Å². The van der Waals surface area contributed by atoms with Gasteiger partial charge in [0.25, 0.3) is 5.91 Å². The molecule has 1 atom stereocenters. The number of oxazole rings is 1. The van der Waals surface area contributed by atoms with Crippen LogP contribution < -0.4 is 5.32 Å². The molecule has 1 aromatic heterocycles. The van der Waals surface area contributed by atoms with Crippen molar-refractivity contribution < 1.29 is 19.1 Å². The molecule has 6 nitrogen and oxygen atoms in total. The van der Waals surface area contributed by atoms with Crippen LogP contribution >= 0.6 is 23.2 Å². The second-order valence-corrected chi connectivity index (χ2v) is 6.19. The van der Waals surface area contributed by atoms with Crippen LogP contribution in [0.3, 0.4) is 0 Å². The van der Waals surface area contributed by atoms with Gasteiger partial charge in [-0.1, -0.05) is 23.2 Å². The molecule has 0 saturated carbocycles. The van der Waals surface area contributed by atoms with E-state index >= 15 is 0 Å². The molecule has 130 valence electrons. The molecule has 8 heteroatoms. The Morgan fingerprint density at radius 1 is 1.28 bits per heavy atom. The Kier molecular flexibility index (Phi) is 5.24. The fourth-order valence-electron chi connectivity index (χ4n) is 2.33. The van der Waals surface area contributed by atoms with E-state index < -0.39 is 12.0 Å². The topological polar surface area (TPSA) is 84.6 Å². The maximum Gasteiger partial charge on any atom is 0.257 e. The summed E-state index contributed by atoms with van der Waals surface area (Å²) < 4.78 is 10.5. The van der Waals surface area contributed by atoms with E-state index in [4.69, 9.17) is 32.4 Å². The van der Waals surface area contributed by atoms with Gasteiger partial charge in [0.2, 0.25) is 5.89 Å². The average Bonchev–Trinajstić information content (AvgIpc) is 2.95. The van der Waals surface area contributed by atoms with Crippen LogP contribution in [0.2, 0.25) is 10.0 Å². The van der Waals surface area contributed by atoms with E-state index in [9.17, 15) is 9.90 Å². The zero-order valence-electron chi connectivity index (χ0n) is 13.1. The predicted octanol–water partition coefficient (Wildman–Crippen LogP) is 3.95. The third-order valence-electron chi connectivity index (χ3n) is 3.42. The molecule has 0 aliphatic carbocycles. The highest BCUT2D eigenvalue weighted by atomic mass is 35.5. The SMILES string of the molecule is COCc1nc2cc(NC(=O)[C@H](O)c3cc(Cl)cc(Cl)c3)ccc2o1. The first-order chi connectivity index (χ1) is 12.0. The number of anilines is 1. The molecule has 3 aromatic rings. The highest BCUT2D eigenvalue weighted by molar-refractivity contribution is 6.34. The van der Waals surface area contributed by atoms with Crippen molar-refractivity contribution in [3.8, 4) is 0 Å². The number of amides is 1. The number of methoxy groups -OCH3 is 1. The van der Waals surface area contributed by atoms with Crippen molar-refractivity contribution in [1.82, 2.24) is 4.98 Å². The van der Waals surface area contributed by atoms with Crippen LogP contribution in [-0.4, -0.2) is 23.1 Å². The maximum absolute atomic E-state index is 12.3. The number of fused-ring (bicyclic) bond motifs is 1. The van der Waals surface area contributed by atoms with E-state index in [1.54, 1.807) is 25.3 Å². The number of aromatic nitrogens is 1. The van der Waals surface area contributed by atoms with Crippen molar-refractivity contribution in [1.29, 1.82) is 0 Å². The maximum atomic E-state index is 12.3. The van der Waals surface area contributed by atoms with Gasteiger partial charge < -0.3 is 19.6 Å². The lowest BCUT2D eigenvalue weighted by molar-refractivity contribution is -0.124. The predicted molar refractivity (Wildman–Crippen MR) is 94.8 cm³/mol. The van der Waals surface area contributed by atoms with Crippen molar-refractivity contribution in [2.75, 3.05) is 12.4 Å². The molecule has 0 radical (unpaired) electrons. The van der Waals surface area contributed by atoms with Gasteiger partial charge in [0.15, 0.2) is 11.7 Å². The van der Waals surface area contributed by atoms with E-state index in [2.05, 4.69) is 10.3 Å². The van der Waals surface area contributed by atoms with Gasteiger partial charge in [-0.05, 0) is 42.0 Å². The van der Waals surface area contributed by atoms with Gasteiger partial charge in [0.05, 0.1) is 0 Å². The fourth-order valence-corrected chi connectivity index (χ4v) is 2.88. The van der Waals surface area contributed by atoms with E-state index in [0.717, 1.165) is 0 Å². The number of hydrogen-bond donors (Lipinski definition) is 2. The normalized spacial score (nSPS) is 12.3. The van der Waals surface area contributed by atoms with Gasteiger partial charge in [-0.2, -0.15) is 0 Å². The summed E-state index contributed by atoms with van der Waals surface area (Å²) in [7, 11) is 1.55. The highest BCUT2D eigenvalue weighted by Crippen LogP contribution is 2.25.